The molecule has 0 unspecified atom stereocenters. The smallest absolute Gasteiger partial charge is 0.123 e. The van der Waals surface area contributed by atoms with Crippen molar-refractivity contribution in [1.29, 1.82) is 0 Å². The van der Waals surface area contributed by atoms with Gasteiger partial charge in [-0.15, -0.1) is 0 Å². The van der Waals surface area contributed by atoms with E-state index in [-0.39, 0.29) is 11.2 Å². The standard InChI is InChI=1S/C12H19N3O/c1-11(2)9-10(12(3,4)16-11)15-6-5-13-7-8(15)14-9/h13H,5-7H2,1-4H3. The average molecular weight is 221 g/mol. The van der Waals surface area contributed by atoms with Gasteiger partial charge in [-0.25, -0.2) is 4.98 Å². The zero-order chi connectivity index (χ0) is 11.6. The molecule has 4 nitrogen and oxygen atoms in total. The fourth-order valence-corrected chi connectivity index (χ4v) is 3.03. The molecule has 0 bridgehead atoms. The van der Waals surface area contributed by atoms with Crippen molar-refractivity contribution in [3.63, 3.8) is 0 Å². The van der Waals surface area contributed by atoms with Gasteiger partial charge in [0.05, 0.1) is 17.9 Å². The lowest BCUT2D eigenvalue weighted by Gasteiger charge is -2.27. The molecular formula is C12H19N3O. The summed E-state index contributed by atoms with van der Waals surface area (Å²) in [6, 6.07) is 0. The van der Waals surface area contributed by atoms with E-state index in [0.29, 0.717) is 0 Å². The van der Waals surface area contributed by atoms with Gasteiger partial charge in [-0.3, -0.25) is 0 Å². The maximum Gasteiger partial charge on any atom is 0.123 e. The van der Waals surface area contributed by atoms with Crippen molar-refractivity contribution in [3.05, 3.63) is 17.2 Å². The Morgan fingerprint density at radius 2 is 2.00 bits per heavy atom. The number of fused-ring (bicyclic) bond motifs is 3. The minimum absolute atomic E-state index is 0.221. The lowest BCUT2D eigenvalue weighted by atomic mass is 10.0. The normalized spacial score (nSPS) is 25.2. The van der Waals surface area contributed by atoms with Gasteiger partial charge >= 0.3 is 0 Å². The van der Waals surface area contributed by atoms with Crippen molar-refractivity contribution in [2.45, 2.75) is 52.0 Å². The number of hydrogen-bond acceptors (Lipinski definition) is 3. The molecule has 2 aliphatic rings. The van der Waals surface area contributed by atoms with Gasteiger partial charge in [-0.05, 0) is 27.7 Å². The Morgan fingerprint density at radius 1 is 1.25 bits per heavy atom. The number of nitrogens with zero attached hydrogens (tertiary/aromatic N) is 2. The van der Waals surface area contributed by atoms with E-state index >= 15 is 0 Å². The second-order valence-corrected chi connectivity index (χ2v) is 5.68. The molecule has 4 heteroatoms. The molecule has 0 fully saturated rings. The quantitative estimate of drug-likeness (QED) is 0.721. The van der Waals surface area contributed by atoms with Crippen LogP contribution in [0.2, 0.25) is 0 Å². The van der Waals surface area contributed by atoms with Crippen LogP contribution in [0.5, 0.6) is 0 Å². The van der Waals surface area contributed by atoms with Crippen molar-refractivity contribution >= 4 is 0 Å². The average Bonchev–Trinajstić information content (AvgIpc) is 2.62. The maximum atomic E-state index is 6.11. The first-order chi connectivity index (χ1) is 7.42. The Bertz CT molecular complexity index is 445. The number of nitrogens with one attached hydrogen (secondary N) is 1. The Balaban J connectivity index is 2.23. The van der Waals surface area contributed by atoms with E-state index in [2.05, 4.69) is 37.6 Å². The van der Waals surface area contributed by atoms with Crippen LogP contribution in [0, 0.1) is 0 Å². The Labute approximate surface area is 96.0 Å². The summed E-state index contributed by atoms with van der Waals surface area (Å²) < 4.78 is 8.44. The molecule has 0 spiro atoms. The highest BCUT2D eigenvalue weighted by molar-refractivity contribution is 5.32. The van der Waals surface area contributed by atoms with Crippen LogP contribution in [-0.4, -0.2) is 16.1 Å². The molecule has 0 atom stereocenters. The number of aromatic nitrogens is 2. The van der Waals surface area contributed by atoms with E-state index < -0.39 is 0 Å². The molecule has 3 heterocycles. The molecule has 0 amide bonds. The third-order valence-electron chi connectivity index (χ3n) is 3.49. The van der Waals surface area contributed by atoms with Gasteiger partial charge in [0.1, 0.15) is 17.0 Å². The topological polar surface area (TPSA) is 39.1 Å². The third-order valence-corrected chi connectivity index (χ3v) is 3.49. The summed E-state index contributed by atoms with van der Waals surface area (Å²) in [6.07, 6.45) is 0. The lowest BCUT2D eigenvalue weighted by Crippen LogP contribution is -2.33. The van der Waals surface area contributed by atoms with Crippen LogP contribution in [-0.2, 0) is 29.0 Å². The van der Waals surface area contributed by atoms with Crippen LogP contribution in [0.25, 0.3) is 0 Å². The molecule has 88 valence electrons. The summed E-state index contributed by atoms with van der Waals surface area (Å²) in [4.78, 5) is 4.76. The predicted octanol–water partition coefficient (Wildman–Crippen LogP) is 1.49. The van der Waals surface area contributed by atoms with E-state index in [9.17, 15) is 0 Å². The van der Waals surface area contributed by atoms with Crippen molar-refractivity contribution in [2.24, 2.45) is 0 Å². The lowest BCUT2D eigenvalue weighted by molar-refractivity contribution is -0.109. The van der Waals surface area contributed by atoms with Gasteiger partial charge in [0.2, 0.25) is 0 Å². The van der Waals surface area contributed by atoms with E-state index in [1.54, 1.807) is 0 Å². The number of imidazole rings is 1. The van der Waals surface area contributed by atoms with Gasteiger partial charge in [0.25, 0.3) is 0 Å². The second-order valence-electron chi connectivity index (χ2n) is 5.68. The largest absolute Gasteiger partial charge is 0.357 e. The van der Waals surface area contributed by atoms with Crippen LogP contribution in [0.15, 0.2) is 0 Å². The summed E-state index contributed by atoms with van der Waals surface area (Å²) in [5.74, 6) is 1.15. The summed E-state index contributed by atoms with van der Waals surface area (Å²) in [7, 11) is 0. The fourth-order valence-electron chi connectivity index (χ4n) is 3.03. The van der Waals surface area contributed by atoms with Crippen molar-refractivity contribution in [1.82, 2.24) is 14.9 Å². The zero-order valence-corrected chi connectivity index (χ0v) is 10.4. The van der Waals surface area contributed by atoms with E-state index in [4.69, 9.17) is 9.72 Å². The molecule has 0 saturated carbocycles. The van der Waals surface area contributed by atoms with Crippen LogP contribution in [0.1, 0.15) is 44.9 Å². The van der Waals surface area contributed by atoms with Crippen LogP contribution >= 0.6 is 0 Å². The van der Waals surface area contributed by atoms with Crippen molar-refractivity contribution in [2.75, 3.05) is 6.54 Å². The summed E-state index contributed by atoms with van der Waals surface area (Å²) in [5.41, 5.74) is 1.91. The van der Waals surface area contributed by atoms with Gasteiger partial charge < -0.3 is 14.6 Å². The predicted molar refractivity (Wildman–Crippen MR) is 61.1 cm³/mol. The van der Waals surface area contributed by atoms with Crippen LogP contribution < -0.4 is 5.32 Å². The molecule has 3 rings (SSSR count). The van der Waals surface area contributed by atoms with Gasteiger partial charge in [-0.1, -0.05) is 0 Å². The van der Waals surface area contributed by atoms with Gasteiger partial charge in [0.15, 0.2) is 0 Å². The molecule has 1 aromatic rings. The molecule has 0 saturated heterocycles. The molecule has 2 aliphatic heterocycles. The molecule has 0 aliphatic carbocycles. The number of rotatable bonds is 0. The van der Waals surface area contributed by atoms with Gasteiger partial charge in [-0.2, -0.15) is 0 Å². The highest BCUT2D eigenvalue weighted by Crippen LogP contribution is 2.46. The third kappa shape index (κ3) is 1.20. The summed E-state index contributed by atoms with van der Waals surface area (Å²) >= 11 is 0. The first-order valence-corrected chi connectivity index (χ1v) is 5.93. The second kappa shape index (κ2) is 2.87. The molecule has 1 aromatic heterocycles. The van der Waals surface area contributed by atoms with E-state index in [1.807, 2.05) is 0 Å². The van der Waals surface area contributed by atoms with E-state index in [1.165, 1.54) is 5.69 Å². The highest BCUT2D eigenvalue weighted by Gasteiger charge is 2.48. The minimum atomic E-state index is -0.261. The number of ether oxygens (including phenoxy) is 1. The van der Waals surface area contributed by atoms with Crippen molar-refractivity contribution in [3.8, 4) is 0 Å². The molecule has 0 aromatic carbocycles. The zero-order valence-electron chi connectivity index (χ0n) is 10.4. The molecular weight excluding hydrogens is 202 g/mol. The summed E-state index contributed by atoms with van der Waals surface area (Å²) in [6.45, 7) is 11.4. The Morgan fingerprint density at radius 3 is 2.75 bits per heavy atom. The number of hydrogen-bond donors (Lipinski definition) is 1. The highest BCUT2D eigenvalue weighted by atomic mass is 16.5. The van der Waals surface area contributed by atoms with Gasteiger partial charge in [0, 0.05) is 13.1 Å². The minimum Gasteiger partial charge on any atom is -0.357 e. The first-order valence-electron chi connectivity index (χ1n) is 5.93. The Kier molecular flexibility index (Phi) is 1.85. The Hall–Kier alpha value is -0.870. The molecule has 16 heavy (non-hydrogen) atoms. The maximum absolute atomic E-state index is 6.11. The molecule has 1 N–H and O–H groups in total. The summed E-state index contributed by atoms with van der Waals surface area (Å²) in [5, 5.41) is 3.36. The van der Waals surface area contributed by atoms with Crippen molar-refractivity contribution < 1.29 is 4.74 Å². The SMILES string of the molecule is CC1(C)OC(C)(C)c2c1nc1n2CCNC1. The van der Waals surface area contributed by atoms with Crippen LogP contribution in [0.3, 0.4) is 0 Å². The monoisotopic (exact) mass is 221 g/mol. The fraction of sp³-hybridized carbons (Fsp3) is 0.750. The molecule has 0 radical (unpaired) electrons. The van der Waals surface area contributed by atoms with Crippen LogP contribution in [0.4, 0.5) is 0 Å². The van der Waals surface area contributed by atoms with E-state index in [0.717, 1.165) is 31.2 Å². The first kappa shape index (κ1) is 10.3.